The first kappa shape index (κ1) is 19.8. The molecular formula is C21H25N7O2. The maximum absolute atomic E-state index is 12.5. The molecule has 0 bridgehead atoms. The van der Waals surface area contributed by atoms with Crippen LogP contribution >= 0.6 is 0 Å². The molecule has 2 N–H and O–H groups in total. The van der Waals surface area contributed by atoms with Crippen molar-refractivity contribution >= 4 is 17.4 Å². The van der Waals surface area contributed by atoms with Gasteiger partial charge in [0.2, 0.25) is 0 Å². The first-order chi connectivity index (χ1) is 14.6. The van der Waals surface area contributed by atoms with Crippen LogP contribution in [0.2, 0.25) is 0 Å². The standard InChI is InChI=1S/C21H25N7O2/c1-15-11-27(12-16(2)30-15)19-6-4-3-5-18(19)26-21(29)24-10-17-7-8-20(23-9-17)28-14-22-13-25-28/h3-9,13-16H,10-12H2,1-2H3,(H2,24,26,29)/t15-,16-/m0/s1. The van der Waals surface area contributed by atoms with Gasteiger partial charge in [-0.05, 0) is 37.6 Å². The Morgan fingerprint density at radius 2 is 1.97 bits per heavy atom. The molecule has 4 rings (SSSR count). The number of amides is 2. The summed E-state index contributed by atoms with van der Waals surface area (Å²) in [4.78, 5) is 23.0. The number of urea groups is 1. The quantitative estimate of drug-likeness (QED) is 0.675. The third-order valence-electron chi connectivity index (χ3n) is 4.83. The third kappa shape index (κ3) is 4.74. The second-order valence-electron chi connectivity index (χ2n) is 7.35. The van der Waals surface area contributed by atoms with Crippen LogP contribution < -0.4 is 15.5 Å². The Labute approximate surface area is 175 Å². The molecule has 1 aromatic carbocycles. The molecular weight excluding hydrogens is 382 g/mol. The van der Waals surface area contributed by atoms with Gasteiger partial charge in [0, 0.05) is 25.8 Å². The normalized spacial score (nSPS) is 18.8. The lowest BCUT2D eigenvalue weighted by atomic mass is 10.1. The van der Waals surface area contributed by atoms with Gasteiger partial charge in [0.05, 0.1) is 23.6 Å². The number of carbonyl (C=O) groups is 1. The molecule has 3 aromatic rings. The van der Waals surface area contributed by atoms with Gasteiger partial charge in [0.25, 0.3) is 0 Å². The summed E-state index contributed by atoms with van der Waals surface area (Å²) in [6.45, 7) is 6.06. The fourth-order valence-corrected chi connectivity index (χ4v) is 3.56. The summed E-state index contributed by atoms with van der Waals surface area (Å²) in [5.74, 6) is 0.670. The Morgan fingerprint density at radius 3 is 2.67 bits per heavy atom. The third-order valence-corrected chi connectivity index (χ3v) is 4.83. The number of hydrogen-bond acceptors (Lipinski definition) is 6. The number of nitrogens with one attached hydrogen (secondary N) is 2. The Morgan fingerprint density at radius 1 is 1.17 bits per heavy atom. The van der Waals surface area contributed by atoms with Gasteiger partial charge in [-0.1, -0.05) is 18.2 Å². The molecule has 0 unspecified atom stereocenters. The van der Waals surface area contributed by atoms with Crippen molar-refractivity contribution in [2.24, 2.45) is 0 Å². The number of morpholine rings is 1. The highest BCUT2D eigenvalue weighted by atomic mass is 16.5. The molecule has 1 aliphatic heterocycles. The number of aromatic nitrogens is 4. The van der Waals surface area contributed by atoms with Crippen LogP contribution in [-0.2, 0) is 11.3 Å². The minimum absolute atomic E-state index is 0.142. The zero-order valence-corrected chi connectivity index (χ0v) is 17.0. The molecule has 1 aliphatic rings. The molecule has 1 saturated heterocycles. The Kier molecular flexibility index (Phi) is 5.89. The van der Waals surface area contributed by atoms with E-state index in [1.807, 2.05) is 36.4 Å². The largest absolute Gasteiger partial charge is 0.372 e. The summed E-state index contributed by atoms with van der Waals surface area (Å²) in [5.41, 5.74) is 2.66. The summed E-state index contributed by atoms with van der Waals surface area (Å²) in [6.07, 6.45) is 5.03. The lowest BCUT2D eigenvalue weighted by Gasteiger charge is -2.37. The molecule has 0 radical (unpaired) electrons. The highest BCUT2D eigenvalue weighted by Gasteiger charge is 2.24. The van der Waals surface area contributed by atoms with Crippen molar-refractivity contribution in [3.05, 3.63) is 60.8 Å². The molecule has 156 valence electrons. The van der Waals surface area contributed by atoms with E-state index in [1.54, 1.807) is 17.2 Å². The number of pyridine rings is 1. The van der Waals surface area contributed by atoms with Crippen LogP contribution in [0.1, 0.15) is 19.4 Å². The number of benzene rings is 1. The van der Waals surface area contributed by atoms with Crippen LogP contribution in [0.3, 0.4) is 0 Å². The fourth-order valence-electron chi connectivity index (χ4n) is 3.56. The van der Waals surface area contributed by atoms with Gasteiger partial charge in [0.1, 0.15) is 12.7 Å². The van der Waals surface area contributed by atoms with Crippen molar-refractivity contribution in [3.8, 4) is 5.82 Å². The highest BCUT2D eigenvalue weighted by Crippen LogP contribution is 2.28. The lowest BCUT2D eigenvalue weighted by molar-refractivity contribution is -0.00517. The van der Waals surface area contributed by atoms with Crippen LogP contribution in [0.25, 0.3) is 5.82 Å². The molecule has 1 fully saturated rings. The SMILES string of the molecule is C[C@H]1CN(c2ccccc2NC(=O)NCc2ccc(-n3cncn3)nc2)C[C@H](C)O1. The van der Waals surface area contributed by atoms with E-state index in [9.17, 15) is 4.79 Å². The van der Waals surface area contributed by atoms with Gasteiger partial charge in [-0.2, -0.15) is 5.10 Å². The van der Waals surface area contributed by atoms with E-state index in [2.05, 4.69) is 44.4 Å². The van der Waals surface area contributed by atoms with Crippen LogP contribution in [0.4, 0.5) is 16.2 Å². The van der Waals surface area contributed by atoms with Gasteiger partial charge >= 0.3 is 6.03 Å². The number of anilines is 2. The second kappa shape index (κ2) is 8.91. The predicted molar refractivity (Wildman–Crippen MR) is 114 cm³/mol. The predicted octanol–water partition coefficient (Wildman–Crippen LogP) is 2.60. The molecule has 0 saturated carbocycles. The Bertz CT molecular complexity index is 965. The van der Waals surface area contributed by atoms with E-state index < -0.39 is 0 Å². The van der Waals surface area contributed by atoms with E-state index in [1.165, 1.54) is 6.33 Å². The lowest BCUT2D eigenvalue weighted by Crippen LogP contribution is -2.45. The molecule has 0 aliphatic carbocycles. The zero-order chi connectivity index (χ0) is 20.9. The van der Waals surface area contributed by atoms with E-state index >= 15 is 0 Å². The summed E-state index contributed by atoms with van der Waals surface area (Å²) in [5, 5.41) is 9.89. The number of hydrogen-bond donors (Lipinski definition) is 2. The van der Waals surface area contributed by atoms with Crippen molar-refractivity contribution in [2.75, 3.05) is 23.3 Å². The Hall–Kier alpha value is -3.46. The van der Waals surface area contributed by atoms with Crippen LogP contribution in [0, 0.1) is 0 Å². The van der Waals surface area contributed by atoms with Crippen molar-refractivity contribution in [1.29, 1.82) is 0 Å². The number of ether oxygens (including phenoxy) is 1. The van der Waals surface area contributed by atoms with Gasteiger partial charge in [0.15, 0.2) is 5.82 Å². The minimum Gasteiger partial charge on any atom is -0.372 e. The van der Waals surface area contributed by atoms with E-state index in [4.69, 9.17) is 4.74 Å². The van der Waals surface area contributed by atoms with Crippen LogP contribution in [0.5, 0.6) is 0 Å². The molecule has 30 heavy (non-hydrogen) atoms. The topological polar surface area (TPSA) is 97.2 Å². The highest BCUT2D eigenvalue weighted by molar-refractivity contribution is 5.93. The van der Waals surface area contributed by atoms with Crippen molar-refractivity contribution in [2.45, 2.75) is 32.6 Å². The van der Waals surface area contributed by atoms with Gasteiger partial charge in [-0.25, -0.2) is 19.4 Å². The van der Waals surface area contributed by atoms with E-state index in [-0.39, 0.29) is 18.2 Å². The molecule has 9 heteroatoms. The number of nitrogens with zero attached hydrogens (tertiary/aromatic N) is 5. The maximum atomic E-state index is 12.5. The minimum atomic E-state index is -0.267. The van der Waals surface area contributed by atoms with Crippen LogP contribution in [0.15, 0.2) is 55.2 Å². The number of carbonyl (C=O) groups excluding carboxylic acids is 1. The molecule has 3 heterocycles. The molecule has 2 atom stereocenters. The average Bonchev–Trinajstić information content (AvgIpc) is 3.27. The van der Waals surface area contributed by atoms with Gasteiger partial charge < -0.3 is 20.3 Å². The molecule has 2 amide bonds. The molecule has 9 nitrogen and oxygen atoms in total. The van der Waals surface area contributed by atoms with Crippen molar-refractivity contribution < 1.29 is 9.53 Å². The van der Waals surface area contributed by atoms with E-state index in [0.717, 1.165) is 30.0 Å². The average molecular weight is 407 g/mol. The van der Waals surface area contributed by atoms with E-state index in [0.29, 0.717) is 12.4 Å². The summed E-state index contributed by atoms with van der Waals surface area (Å²) < 4.78 is 7.40. The van der Waals surface area contributed by atoms with Crippen molar-refractivity contribution in [3.63, 3.8) is 0 Å². The zero-order valence-electron chi connectivity index (χ0n) is 17.0. The monoisotopic (exact) mass is 407 g/mol. The number of para-hydroxylation sites is 2. The summed E-state index contributed by atoms with van der Waals surface area (Å²) >= 11 is 0. The van der Waals surface area contributed by atoms with Gasteiger partial charge in [-0.3, -0.25) is 0 Å². The first-order valence-corrected chi connectivity index (χ1v) is 9.92. The van der Waals surface area contributed by atoms with Crippen LogP contribution in [-0.4, -0.2) is 51.1 Å². The maximum Gasteiger partial charge on any atom is 0.319 e. The second-order valence-corrected chi connectivity index (χ2v) is 7.35. The fraction of sp³-hybridized carbons (Fsp3) is 0.333. The summed E-state index contributed by atoms with van der Waals surface area (Å²) in [7, 11) is 0. The van der Waals surface area contributed by atoms with Crippen molar-refractivity contribution in [1.82, 2.24) is 25.1 Å². The Balaban J connectivity index is 1.36. The molecule has 2 aromatic heterocycles. The first-order valence-electron chi connectivity index (χ1n) is 9.92. The summed E-state index contributed by atoms with van der Waals surface area (Å²) in [6, 6.07) is 11.3. The molecule has 0 spiro atoms. The number of rotatable bonds is 5. The smallest absolute Gasteiger partial charge is 0.319 e. The van der Waals surface area contributed by atoms with Gasteiger partial charge in [-0.15, -0.1) is 0 Å².